The molecule has 2 aromatic carbocycles. The number of hydrogen-bond donors (Lipinski definition) is 1. The fraction of sp³-hybridized carbons (Fsp3) is 0.143. The first-order valence-electron chi connectivity index (χ1n) is 5.43. The molecular formula is C14H13FO2. The molecule has 0 aliphatic heterocycles. The van der Waals surface area contributed by atoms with E-state index in [0.29, 0.717) is 23.5 Å². The largest absolute Gasteiger partial charge is 0.507 e. The van der Waals surface area contributed by atoms with Crippen LogP contribution in [0, 0.1) is 5.82 Å². The number of rotatable bonds is 3. The van der Waals surface area contributed by atoms with Crippen LogP contribution in [-0.4, -0.2) is 11.7 Å². The van der Waals surface area contributed by atoms with Crippen LogP contribution in [-0.2, 0) is 0 Å². The van der Waals surface area contributed by atoms with Crippen LogP contribution in [0.15, 0.2) is 42.5 Å². The molecule has 0 spiro atoms. The average molecular weight is 232 g/mol. The second-order valence-electron chi connectivity index (χ2n) is 3.59. The highest BCUT2D eigenvalue weighted by atomic mass is 19.1. The Labute approximate surface area is 99.3 Å². The molecule has 17 heavy (non-hydrogen) atoms. The van der Waals surface area contributed by atoms with Gasteiger partial charge < -0.3 is 9.84 Å². The van der Waals surface area contributed by atoms with E-state index in [9.17, 15) is 9.50 Å². The summed E-state index contributed by atoms with van der Waals surface area (Å²) in [5, 5.41) is 9.76. The maximum atomic E-state index is 13.2. The Bertz CT molecular complexity index is 523. The van der Waals surface area contributed by atoms with Crippen molar-refractivity contribution in [3.05, 3.63) is 48.3 Å². The van der Waals surface area contributed by atoms with E-state index >= 15 is 0 Å². The van der Waals surface area contributed by atoms with Crippen LogP contribution < -0.4 is 4.74 Å². The van der Waals surface area contributed by atoms with Crippen LogP contribution in [0.4, 0.5) is 4.39 Å². The number of para-hydroxylation sites is 1. The lowest BCUT2D eigenvalue weighted by molar-refractivity contribution is 0.341. The van der Waals surface area contributed by atoms with E-state index in [1.807, 2.05) is 19.1 Å². The summed E-state index contributed by atoms with van der Waals surface area (Å²) in [5.74, 6) is 0.290. The van der Waals surface area contributed by atoms with Crippen molar-refractivity contribution >= 4 is 0 Å². The molecule has 0 aromatic heterocycles. The Hall–Kier alpha value is -2.03. The lowest BCUT2D eigenvalue weighted by atomic mass is 10.0. The van der Waals surface area contributed by atoms with E-state index < -0.39 is 0 Å². The van der Waals surface area contributed by atoms with E-state index in [1.165, 1.54) is 18.2 Å². The second-order valence-corrected chi connectivity index (χ2v) is 3.59. The number of aromatic hydroxyl groups is 1. The molecule has 0 saturated carbocycles. The highest BCUT2D eigenvalue weighted by molar-refractivity contribution is 5.75. The molecule has 0 atom stereocenters. The van der Waals surface area contributed by atoms with Gasteiger partial charge in [0.1, 0.15) is 17.3 Å². The molecule has 88 valence electrons. The van der Waals surface area contributed by atoms with Crippen molar-refractivity contribution in [2.45, 2.75) is 6.92 Å². The average Bonchev–Trinajstić information content (AvgIpc) is 2.34. The number of halogens is 1. The Balaban J connectivity index is 2.55. The lowest BCUT2D eigenvalue weighted by Crippen LogP contribution is -1.94. The second kappa shape index (κ2) is 4.87. The van der Waals surface area contributed by atoms with Crippen LogP contribution in [0.25, 0.3) is 11.1 Å². The topological polar surface area (TPSA) is 29.5 Å². The smallest absolute Gasteiger partial charge is 0.127 e. The number of phenolic OH excluding ortho intramolecular Hbond substituents is 1. The Kier molecular flexibility index (Phi) is 3.28. The number of phenols is 1. The lowest BCUT2D eigenvalue weighted by Gasteiger charge is -2.11. The summed E-state index contributed by atoms with van der Waals surface area (Å²) in [5.41, 5.74) is 1.13. The summed E-state index contributed by atoms with van der Waals surface area (Å²) in [7, 11) is 0. The van der Waals surface area contributed by atoms with Gasteiger partial charge in [-0.1, -0.05) is 18.2 Å². The predicted octanol–water partition coefficient (Wildman–Crippen LogP) is 3.60. The van der Waals surface area contributed by atoms with Gasteiger partial charge in [0.2, 0.25) is 0 Å². The fourth-order valence-corrected chi connectivity index (χ4v) is 1.69. The van der Waals surface area contributed by atoms with Gasteiger partial charge in [0.05, 0.1) is 6.61 Å². The van der Waals surface area contributed by atoms with Crippen molar-refractivity contribution in [2.75, 3.05) is 6.61 Å². The quantitative estimate of drug-likeness (QED) is 0.876. The van der Waals surface area contributed by atoms with Gasteiger partial charge in [0.25, 0.3) is 0 Å². The molecular weight excluding hydrogens is 219 g/mol. The van der Waals surface area contributed by atoms with Crippen LogP contribution in [0.5, 0.6) is 11.5 Å². The molecule has 0 fully saturated rings. The third kappa shape index (κ3) is 2.38. The van der Waals surface area contributed by atoms with Crippen molar-refractivity contribution in [2.24, 2.45) is 0 Å². The number of ether oxygens (including phenoxy) is 1. The van der Waals surface area contributed by atoms with Gasteiger partial charge in [0.15, 0.2) is 0 Å². The van der Waals surface area contributed by atoms with Crippen molar-refractivity contribution in [1.29, 1.82) is 0 Å². The zero-order valence-electron chi connectivity index (χ0n) is 9.48. The molecule has 0 saturated heterocycles. The number of benzene rings is 2. The molecule has 2 aromatic rings. The maximum Gasteiger partial charge on any atom is 0.127 e. The van der Waals surface area contributed by atoms with Gasteiger partial charge in [-0.15, -0.1) is 0 Å². The van der Waals surface area contributed by atoms with E-state index in [0.717, 1.165) is 0 Å². The Morgan fingerprint density at radius 1 is 1.12 bits per heavy atom. The summed E-state index contributed by atoms with van der Waals surface area (Å²) in [6.07, 6.45) is 0. The minimum absolute atomic E-state index is 0.0403. The molecule has 2 rings (SSSR count). The van der Waals surface area contributed by atoms with Gasteiger partial charge in [0, 0.05) is 11.1 Å². The van der Waals surface area contributed by atoms with Crippen molar-refractivity contribution in [3.63, 3.8) is 0 Å². The van der Waals surface area contributed by atoms with Crippen molar-refractivity contribution in [3.8, 4) is 22.6 Å². The molecule has 0 heterocycles. The van der Waals surface area contributed by atoms with Gasteiger partial charge >= 0.3 is 0 Å². The van der Waals surface area contributed by atoms with Crippen LogP contribution in [0.3, 0.4) is 0 Å². The Morgan fingerprint density at radius 3 is 2.65 bits per heavy atom. The molecule has 1 N–H and O–H groups in total. The normalized spacial score (nSPS) is 10.2. The zero-order chi connectivity index (χ0) is 12.3. The first-order chi connectivity index (χ1) is 8.22. The predicted molar refractivity (Wildman–Crippen MR) is 64.7 cm³/mol. The van der Waals surface area contributed by atoms with Crippen LogP contribution >= 0.6 is 0 Å². The van der Waals surface area contributed by atoms with Crippen LogP contribution in [0.1, 0.15) is 6.92 Å². The summed E-state index contributed by atoms with van der Waals surface area (Å²) >= 11 is 0. The molecule has 0 radical (unpaired) electrons. The molecule has 0 bridgehead atoms. The van der Waals surface area contributed by atoms with Gasteiger partial charge in [-0.25, -0.2) is 4.39 Å². The molecule has 0 aliphatic carbocycles. The van der Waals surface area contributed by atoms with E-state index in [4.69, 9.17) is 4.74 Å². The monoisotopic (exact) mass is 232 g/mol. The van der Waals surface area contributed by atoms with E-state index in [-0.39, 0.29) is 11.6 Å². The summed E-state index contributed by atoms with van der Waals surface area (Å²) < 4.78 is 18.7. The first kappa shape index (κ1) is 11.5. The number of hydrogen-bond acceptors (Lipinski definition) is 2. The van der Waals surface area contributed by atoms with E-state index in [1.54, 1.807) is 12.1 Å². The third-order valence-corrected chi connectivity index (χ3v) is 2.44. The molecule has 0 unspecified atom stereocenters. The van der Waals surface area contributed by atoms with Gasteiger partial charge in [-0.3, -0.25) is 0 Å². The summed E-state index contributed by atoms with van der Waals surface area (Å²) in [6, 6.07) is 11.1. The Morgan fingerprint density at radius 2 is 1.88 bits per heavy atom. The van der Waals surface area contributed by atoms with Crippen molar-refractivity contribution < 1.29 is 14.2 Å². The SMILES string of the molecule is CCOc1ccccc1-c1cc(F)ccc1O. The molecule has 2 nitrogen and oxygen atoms in total. The first-order valence-corrected chi connectivity index (χ1v) is 5.43. The minimum Gasteiger partial charge on any atom is -0.507 e. The third-order valence-electron chi connectivity index (χ3n) is 2.44. The minimum atomic E-state index is -0.385. The summed E-state index contributed by atoms with van der Waals surface area (Å²) in [4.78, 5) is 0. The highest BCUT2D eigenvalue weighted by Gasteiger charge is 2.10. The molecule has 0 aliphatic rings. The maximum absolute atomic E-state index is 13.2. The fourth-order valence-electron chi connectivity index (χ4n) is 1.69. The zero-order valence-corrected chi connectivity index (χ0v) is 9.48. The van der Waals surface area contributed by atoms with Gasteiger partial charge in [-0.2, -0.15) is 0 Å². The van der Waals surface area contributed by atoms with E-state index in [2.05, 4.69) is 0 Å². The van der Waals surface area contributed by atoms with Crippen LogP contribution in [0.2, 0.25) is 0 Å². The summed E-state index contributed by atoms with van der Waals surface area (Å²) in [6.45, 7) is 2.40. The van der Waals surface area contributed by atoms with Gasteiger partial charge in [-0.05, 0) is 31.2 Å². The molecule has 0 amide bonds. The highest BCUT2D eigenvalue weighted by Crippen LogP contribution is 2.35. The van der Waals surface area contributed by atoms with Crippen molar-refractivity contribution in [1.82, 2.24) is 0 Å². The molecule has 3 heteroatoms. The standard InChI is InChI=1S/C14H13FO2/c1-2-17-14-6-4-3-5-11(14)12-9-10(15)7-8-13(12)16/h3-9,16H,2H2,1H3.